The van der Waals surface area contributed by atoms with Crippen LogP contribution in [0.3, 0.4) is 0 Å². The van der Waals surface area contributed by atoms with Crippen LogP contribution < -0.4 is 5.73 Å². The van der Waals surface area contributed by atoms with E-state index >= 15 is 0 Å². The number of primary amides is 1. The van der Waals surface area contributed by atoms with Crippen LogP contribution >= 0.6 is 0 Å². The molecule has 0 aromatic heterocycles. The Morgan fingerprint density at radius 1 is 1.29 bits per heavy atom. The Bertz CT molecular complexity index is 178. The van der Waals surface area contributed by atoms with Crippen LogP contribution in [0.1, 0.15) is 26.2 Å². The lowest BCUT2D eigenvalue weighted by molar-refractivity contribution is -0.138. The number of carboxylic acids is 1. The first-order chi connectivity index (χ1) is 6.56. The van der Waals surface area contributed by atoms with Crippen LogP contribution in [0.5, 0.6) is 0 Å². The zero-order valence-electron chi connectivity index (χ0n) is 8.53. The van der Waals surface area contributed by atoms with Crippen molar-refractivity contribution < 1.29 is 14.7 Å². The fraction of sp³-hybridized carbons (Fsp3) is 0.778. The van der Waals surface area contributed by atoms with Gasteiger partial charge in [-0.25, -0.2) is 0 Å². The van der Waals surface area contributed by atoms with Crippen LogP contribution in [-0.4, -0.2) is 41.5 Å². The summed E-state index contributed by atoms with van der Waals surface area (Å²) in [6, 6.07) is 0. The molecule has 0 aliphatic carbocycles. The molecule has 0 rings (SSSR count). The lowest BCUT2D eigenvalue weighted by atomic mass is 10.2. The Labute approximate surface area is 83.9 Å². The topological polar surface area (TPSA) is 83.6 Å². The summed E-state index contributed by atoms with van der Waals surface area (Å²) >= 11 is 0. The van der Waals surface area contributed by atoms with E-state index in [4.69, 9.17) is 10.8 Å². The number of hydrogen-bond donors (Lipinski definition) is 2. The average molecular weight is 202 g/mol. The maximum atomic E-state index is 10.6. The smallest absolute Gasteiger partial charge is 0.317 e. The standard InChI is InChI=1S/C9H18N2O3/c1-2-3-4-5-11(6-8(10)12)7-9(13)14/h2-7H2,1H3,(H2,10,12)(H,13,14). The van der Waals surface area contributed by atoms with Crippen molar-refractivity contribution in [1.29, 1.82) is 0 Å². The van der Waals surface area contributed by atoms with Crippen LogP contribution in [0.4, 0.5) is 0 Å². The van der Waals surface area contributed by atoms with E-state index in [2.05, 4.69) is 6.92 Å². The average Bonchev–Trinajstić information content (AvgIpc) is 2.02. The summed E-state index contributed by atoms with van der Waals surface area (Å²) in [5.41, 5.74) is 5.00. The number of rotatable bonds is 8. The highest BCUT2D eigenvalue weighted by Crippen LogP contribution is 1.97. The van der Waals surface area contributed by atoms with E-state index in [0.29, 0.717) is 6.54 Å². The number of amides is 1. The Balaban J connectivity index is 3.84. The normalized spacial score (nSPS) is 10.4. The predicted molar refractivity (Wildman–Crippen MR) is 52.8 cm³/mol. The summed E-state index contributed by atoms with van der Waals surface area (Å²) in [5, 5.41) is 8.56. The predicted octanol–water partition coefficient (Wildman–Crippen LogP) is 0.0485. The lowest BCUT2D eigenvalue weighted by Crippen LogP contribution is -2.37. The molecule has 0 fully saturated rings. The van der Waals surface area contributed by atoms with Crippen LogP contribution in [0.25, 0.3) is 0 Å². The summed E-state index contributed by atoms with van der Waals surface area (Å²) in [6.07, 6.45) is 3.00. The molecule has 0 heterocycles. The van der Waals surface area contributed by atoms with Crippen LogP contribution in [0.15, 0.2) is 0 Å². The third-order valence-corrected chi connectivity index (χ3v) is 1.82. The van der Waals surface area contributed by atoms with Crippen molar-refractivity contribution in [2.24, 2.45) is 5.73 Å². The SMILES string of the molecule is CCCCCN(CC(N)=O)CC(=O)O. The van der Waals surface area contributed by atoms with Gasteiger partial charge in [0.05, 0.1) is 13.1 Å². The zero-order valence-corrected chi connectivity index (χ0v) is 8.53. The van der Waals surface area contributed by atoms with Crippen molar-refractivity contribution in [3.8, 4) is 0 Å². The second kappa shape index (κ2) is 7.32. The molecule has 0 bridgehead atoms. The van der Waals surface area contributed by atoms with Gasteiger partial charge in [0.15, 0.2) is 0 Å². The van der Waals surface area contributed by atoms with E-state index in [9.17, 15) is 9.59 Å². The molecule has 0 aliphatic rings. The highest BCUT2D eigenvalue weighted by atomic mass is 16.4. The van der Waals surface area contributed by atoms with Crippen molar-refractivity contribution in [1.82, 2.24) is 4.90 Å². The van der Waals surface area contributed by atoms with Crippen LogP contribution in [-0.2, 0) is 9.59 Å². The van der Waals surface area contributed by atoms with Gasteiger partial charge in [0.25, 0.3) is 0 Å². The molecule has 0 saturated carbocycles. The van der Waals surface area contributed by atoms with Gasteiger partial charge in [-0.15, -0.1) is 0 Å². The third kappa shape index (κ3) is 7.54. The molecule has 0 aliphatic heterocycles. The minimum absolute atomic E-state index is 0.0238. The quantitative estimate of drug-likeness (QED) is 0.545. The zero-order chi connectivity index (χ0) is 11.0. The first kappa shape index (κ1) is 12.9. The molecular weight excluding hydrogens is 184 g/mol. The molecule has 1 amide bonds. The summed E-state index contributed by atoms with van der Waals surface area (Å²) in [7, 11) is 0. The van der Waals surface area contributed by atoms with Crippen molar-refractivity contribution >= 4 is 11.9 Å². The summed E-state index contributed by atoms with van der Waals surface area (Å²) in [4.78, 5) is 22.6. The molecule has 5 nitrogen and oxygen atoms in total. The summed E-state index contributed by atoms with van der Waals surface area (Å²) in [6.45, 7) is 2.58. The molecule has 0 atom stereocenters. The lowest BCUT2D eigenvalue weighted by Gasteiger charge is -2.17. The van der Waals surface area contributed by atoms with E-state index in [-0.39, 0.29) is 13.1 Å². The number of nitrogens with zero attached hydrogens (tertiary/aromatic N) is 1. The fourth-order valence-electron chi connectivity index (χ4n) is 1.21. The van der Waals surface area contributed by atoms with Crippen molar-refractivity contribution in [3.05, 3.63) is 0 Å². The molecule has 0 radical (unpaired) electrons. The summed E-state index contributed by atoms with van der Waals surface area (Å²) < 4.78 is 0. The molecule has 0 aromatic carbocycles. The number of unbranched alkanes of at least 4 members (excludes halogenated alkanes) is 2. The van der Waals surface area contributed by atoms with E-state index in [1.807, 2.05) is 0 Å². The van der Waals surface area contributed by atoms with Gasteiger partial charge in [-0.2, -0.15) is 0 Å². The largest absolute Gasteiger partial charge is 0.480 e. The van der Waals surface area contributed by atoms with Gasteiger partial charge in [-0.05, 0) is 13.0 Å². The van der Waals surface area contributed by atoms with Crippen molar-refractivity contribution in [2.45, 2.75) is 26.2 Å². The molecule has 0 unspecified atom stereocenters. The van der Waals surface area contributed by atoms with E-state index < -0.39 is 11.9 Å². The molecule has 82 valence electrons. The van der Waals surface area contributed by atoms with Gasteiger partial charge < -0.3 is 10.8 Å². The van der Waals surface area contributed by atoms with Gasteiger partial charge >= 0.3 is 5.97 Å². The fourth-order valence-corrected chi connectivity index (χ4v) is 1.21. The highest BCUT2D eigenvalue weighted by Gasteiger charge is 2.11. The molecule has 3 N–H and O–H groups in total. The van der Waals surface area contributed by atoms with Crippen LogP contribution in [0, 0.1) is 0 Å². The highest BCUT2D eigenvalue weighted by molar-refractivity contribution is 5.77. The van der Waals surface area contributed by atoms with E-state index in [0.717, 1.165) is 19.3 Å². The van der Waals surface area contributed by atoms with Crippen LogP contribution in [0.2, 0.25) is 0 Å². The maximum absolute atomic E-state index is 10.6. The third-order valence-electron chi connectivity index (χ3n) is 1.82. The summed E-state index contributed by atoms with van der Waals surface area (Å²) in [5.74, 6) is -1.41. The van der Waals surface area contributed by atoms with Crippen molar-refractivity contribution in [3.63, 3.8) is 0 Å². The molecule has 14 heavy (non-hydrogen) atoms. The van der Waals surface area contributed by atoms with Gasteiger partial charge in [-0.1, -0.05) is 19.8 Å². The number of nitrogens with two attached hydrogens (primary N) is 1. The van der Waals surface area contributed by atoms with Gasteiger partial charge in [-0.3, -0.25) is 14.5 Å². The molecular formula is C9H18N2O3. The minimum Gasteiger partial charge on any atom is -0.480 e. The second-order valence-electron chi connectivity index (χ2n) is 3.28. The molecule has 5 heteroatoms. The Kier molecular flexibility index (Phi) is 6.74. The van der Waals surface area contributed by atoms with Gasteiger partial charge in [0, 0.05) is 0 Å². The Morgan fingerprint density at radius 2 is 1.93 bits per heavy atom. The van der Waals surface area contributed by atoms with E-state index in [1.54, 1.807) is 4.90 Å². The molecule has 0 aromatic rings. The number of aliphatic carboxylic acids is 1. The number of carboxylic acid groups (broad SMARTS) is 1. The first-order valence-electron chi connectivity index (χ1n) is 4.78. The number of carbonyl (C=O) groups is 2. The first-order valence-corrected chi connectivity index (χ1v) is 4.78. The molecule has 0 saturated heterocycles. The van der Waals surface area contributed by atoms with Gasteiger partial charge in [0.2, 0.25) is 5.91 Å². The maximum Gasteiger partial charge on any atom is 0.317 e. The monoisotopic (exact) mass is 202 g/mol. The van der Waals surface area contributed by atoms with E-state index in [1.165, 1.54) is 0 Å². The number of carbonyl (C=O) groups excluding carboxylic acids is 1. The van der Waals surface area contributed by atoms with Crippen molar-refractivity contribution in [2.75, 3.05) is 19.6 Å². The second-order valence-corrected chi connectivity index (χ2v) is 3.28. The Morgan fingerprint density at radius 3 is 2.36 bits per heavy atom. The molecule has 0 spiro atoms. The Hall–Kier alpha value is -1.10. The minimum atomic E-state index is -0.928. The number of hydrogen-bond acceptors (Lipinski definition) is 3. The van der Waals surface area contributed by atoms with Gasteiger partial charge in [0.1, 0.15) is 0 Å².